The highest BCUT2D eigenvalue weighted by Gasteiger charge is 2.12. The third-order valence-electron chi connectivity index (χ3n) is 3.07. The Morgan fingerprint density at radius 2 is 2.32 bits per heavy atom. The first-order chi connectivity index (χ1) is 10.7. The molecule has 8 heteroatoms. The lowest BCUT2D eigenvalue weighted by molar-refractivity contribution is 0.531. The molecule has 114 valence electrons. The molecule has 22 heavy (non-hydrogen) atoms. The smallest absolute Gasteiger partial charge is 0.253 e. The van der Waals surface area contributed by atoms with Crippen molar-refractivity contribution < 1.29 is 8.81 Å². The molecule has 0 aliphatic carbocycles. The van der Waals surface area contributed by atoms with Gasteiger partial charge in [-0.1, -0.05) is 0 Å². The quantitative estimate of drug-likeness (QED) is 0.652. The van der Waals surface area contributed by atoms with Crippen LogP contribution in [-0.4, -0.2) is 21.5 Å². The first-order valence-corrected chi connectivity index (χ1v) is 6.73. The van der Waals surface area contributed by atoms with Gasteiger partial charge in [-0.3, -0.25) is 9.78 Å². The fraction of sp³-hybridized carbons (Fsp3) is 0.214. The van der Waals surface area contributed by atoms with Crippen LogP contribution in [0.4, 0.5) is 10.2 Å². The Hall–Kier alpha value is -2.74. The van der Waals surface area contributed by atoms with E-state index < -0.39 is 5.82 Å². The summed E-state index contributed by atoms with van der Waals surface area (Å²) >= 11 is 0. The van der Waals surface area contributed by atoms with E-state index in [1.807, 2.05) is 0 Å². The molecular weight excluding hydrogens is 289 g/mol. The fourth-order valence-electron chi connectivity index (χ4n) is 2.07. The topological polar surface area (TPSA) is 110 Å². The number of rotatable bonds is 5. The predicted octanol–water partition coefficient (Wildman–Crippen LogP) is 1.16. The highest BCUT2D eigenvalue weighted by molar-refractivity contribution is 5.83. The van der Waals surface area contributed by atoms with E-state index in [4.69, 9.17) is 10.2 Å². The number of nitrogens with two attached hydrogens (primary N) is 1. The van der Waals surface area contributed by atoms with Crippen LogP contribution in [0.1, 0.15) is 11.6 Å². The third kappa shape index (κ3) is 2.82. The molecule has 0 aromatic carbocycles. The molecule has 0 radical (unpaired) electrons. The molecule has 0 saturated carbocycles. The first kappa shape index (κ1) is 14.2. The van der Waals surface area contributed by atoms with Crippen molar-refractivity contribution in [1.82, 2.24) is 15.0 Å². The van der Waals surface area contributed by atoms with Gasteiger partial charge < -0.3 is 20.5 Å². The predicted molar refractivity (Wildman–Crippen MR) is 78.9 cm³/mol. The summed E-state index contributed by atoms with van der Waals surface area (Å²) < 4.78 is 19.0. The maximum Gasteiger partial charge on any atom is 0.253 e. The van der Waals surface area contributed by atoms with Crippen molar-refractivity contribution in [1.29, 1.82) is 0 Å². The Labute approximate surface area is 124 Å². The second-order valence-electron chi connectivity index (χ2n) is 4.65. The summed E-state index contributed by atoms with van der Waals surface area (Å²) in [5.41, 5.74) is 6.20. The summed E-state index contributed by atoms with van der Waals surface area (Å²) in [5.74, 6) is 0.386. The number of H-pyrrole nitrogens is 1. The van der Waals surface area contributed by atoms with E-state index in [-0.39, 0.29) is 17.8 Å². The highest BCUT2D eigenvalue weighted by atomic mass is 19.1. The Kier molecular flexibility index (Phi) is 3.84. The van der Waals surface area contributed by atoms with Gasteiger partial charge in [0.05, 0.1) is 12.2 Å². The molecule has 3 heterocycles. The fourth-order valence-corrected chi connectivity index (χ4v) is 2.07. The van der Waals surface area contributed by atoms with Crippen LogP contribution in [0.3, 0.4) is 0 Å². The molecule has 0 saturated heterocycles. The maximum atomic E-state index is 13.6. The van der Waals surface area contributed by atoms with Crippen LogP contribution in [0.25, 0.3) is 11.1 Å². The first-order valence-electron chi connectivity index (χ1n) is 6.73. The molecule has 7 nitrogen and oxygen atoms in total. The summed E-state index contributed by atoms with van der Waals surface area (Å²) in [5, 5.41) is 2.93. The minimum Gasteiger partial charge on any atom is -0.440 e. The van der Waals surface area contributed by atoms with Crippen molar-refractivity contribution >= 4 is 16.9 Å². The van der Waals surface area contributed by atoms with E-state index in [2.05, 4.69) is 20.3 Å². The van der Waals surface area contributed by atoms with E-state index in [9.17, 15) is 9.18 Å². The van der Waals surface area contributed by atoms with Gasteiger partial charge in [0.15, 0.2) is 11.5 Å². The van der Waals surface area contributed by atoms with Gasteiger partial charge in [-0.15, -0.1) is 0 Å². The minimum atomic E-state index is -0.423. The lowest BCUT2D eigenvalue weighted by atomic mass is 10.3. The molecule has 4 N–H and O–H groups in total. The highest BCUT2D eigenvalue weighted by Crippen LogP contribution is 2.20. The molecule has 0 unspecified atom stereocenters. The lowest BCUT2D eigenvalue weighted by Crippen LogP contribution is -2.11. The van der Waals surface area contributed by atoms with Gasteiger partial charge in [-0.05, 0) is 12.1 Å². The van der Waals surface area contributed by atoms with Crippen molar-refractivity contribution in [2.45, 2.75) is 13.0 Å². The Bertz CT molecular complexity index is 858. The number of hydrogen-bond donors (Lipinski definition) is 3. The standard InChI is InChI=1S/C14H14FN5O2/c15-8-2-1-5-17-9(8)7-18-14-13-10(6-11(21)19-14)22-12(20-13)3-4-16/h1-2,5-6H,3-4,7,16H2,(H2,18,19,21). The van der Waals surface area contributed by atoms with Gasteiger partial charge in [0.1, 0.15) is 17.2 Å². The Morgan fingerprint density at radius 1 is 1.45 bits per heavy atom. The zero-order valence-corrected chi connectivity index (χ0v) is 11.6. The number of halogens is 1. The number of pyridine rings is 2. The summed E-state index contributed by atoms with van der Waals surface area (Å²) in [6, 6.07) is 4.15. The normalized spacial score (nSPS) is 11.0. The van der Waals surface area contributed by atoms with Gasteiger partial charge >= 0.3 is 0 Å². The second kappa shape index (κ2) is 5.94. The van der Waals surface area contributed by atoms with E-state index >= 15 is 0 Å². The van der Waals surface area contributed by atoms with Crippen LogP contribution in [0.2, 0.25) is 0 Å². The minimum absolute atomic E-state index is 0.112. The number of oxazole rings is 1. The number of hydrogen-bond acceptors (Lipinski definition) is 6. The van der Waals surface area contributed by atoms with E-state index in [1.165, 1.54) is 24.4 Å². The number of anilines is 1. The molecule has 0 aliphatic heterocycles. The van der Waals surface area contributed by atoms with E-state index in [0.29, 0.717) is 35.8 Å². The van der Waals surface area contributed by atoms with Gasteiger partial charge in [-0.25, -0.2) is 9.37 Å². The molecule has 0 spiro atoms. The van der Waals surface area contributed by atoms with E-state index in [0.717, 1.165) is 0 Å². The number of fused-ring (bicyclic) bond motifs is 1. The van der Waals surface area contributed by atoms with Crippen LogP contribution in [0.15, 0.2) is 33.6 Å². The van der Waals surface area contributed by atoms with Crippen molar-refractivity contribution in [3.05, 3.63) is 52.2 Å². The van der Waals surface area contributed by atoms with Crippen LogP contribution in [-0.2, 0) is 13.0 Å². The summed E-state index contributed by atoms with van der Waals surface area (Å²) in [7, 11) is 0. The SMILES string of the molecule is NCCc1nc2c(NCc3ncccc3F)[nH]c(=O)cc2o1. The zero-order chi connectivity index (χ0) is 15.5. The van der Waals surface area contributed by atoms with Gasteiger partial charge in [0, 0.05) is 25.2 Å². The van der Waals surface area contributed by atoms with Crippen LogP contribution in [0.5, 0.6) is 0 Å². The molecule has 3 rings (SSSR count). The Balaban J connectivity index is 1.92. The van der Waals surface area contributed by atoms with Crippen LogP contribution < -0.4 is 16.6 Å². The van der Waals surface area contributed by atoms with Crippen molar-refractivity contribution in [2.75, 3.05) is 11.9 Å². The van der Waals surface area contributed by atoms with E-state index in [1.54, 1.807) is 0 Å². The molecule has 0 amide bonds. The number of nitrogens with one attached hydrogen (secondary N) is 2. The number of aromatic amines is 1. The Morgan fingerprint density at radius 3 is 3.09 bits per heavy atom. The second-order valence-corrected chi connectivity index (χ2v) is 4.65. The van der Waals surface area contributed by atoms with Gasteiger partial charge in [0.2, 0.25) is 0 Å². The molecule has 0 atom stereocenters. The van der Waals surface area contributed by atoms with Crippen LogP contribution >= 0.6 is 0 Å². The largest absolute Gasteiger partial charge is 0.440 e. The van der Waals surface area contributed by atoms with Crippen molar-refractivity contribution in [3.63, 3.8) is 0 Å². The number of nitrogens with zero attached hydrogens (tertiary/aromatic N) is 2. The van der Waals surface area contributed by atoms with Crippen molar-refractivity contribution in [3.8, 4) is 0 Å². The van der Waals surface area contributed by atoms with Gasteiger partial charge in [0.25, 0.3) is 5.56 Å². The summed E-state index contributed by atoms with van der Waals surface area (Å²) in [6.07, 6.45) is 1.97. The average molecular weight is 303 g/mol. The summed E-state index contributed by atoms with van der Waals surface area (Å²) in [6.45, 7) is 0.503. The maximum absolute atomic E-state index is 13.6. The molecule has 0 aliphatic rings. The molecule has 3 aromatic heterocycles. The van der Waals surface area contributed by atoms with Crippen molar-refractivity contribution in [2.24, 2.45) is 5.73 Å². The average Bonchev–Trinajstić information content (AvgIpc) is 2.89. The van der Waals surface area contributed by atoms with Gasteiger partial charge in [-0.2, -0.15) is 0 Å². The molecule has 0 fully saturated rings. The molecular formula is C14H14FN5O2. The summed E-state index contributed by atoms with van der Waals surface area (Å²) in [4.78, 5) is 22.5. The monoisotopic (exact) mass is 303 g/mol. The zero-order valence-electron chi connectivity index (χ0n) is 11.6. The number of aromatic nitrogens is 3. The lowest BCUT2D eigenvalue weighted by Gasteiger charge is -2.06. The molecule has 3 aromatic rings. The molecule has 0 bridgehead atoms. The third-order valence-corrected chi connectivity index (χ3v) is 3.07. The van der Waals surface area contributed by atoms with Crippen LogP contribution in [0, 0.1) is 5.82 Å².